The lowest BCUT2D eigenvalue weighted by atomic mass is 9.89. The minimum Gasteiger partial charge on any atom is -0.354 e. The van der Waals surface area contributed by atoms with Crippen molar-refractivity contribution in [3.63, 3.8) is 0 Å². The van der Waals surface area contributed by atoms with E-state index >= 15 is 0 Å². The number of fused-ring (bicyclic) bond motifs is 1. The molecule has 112 valence electrons. The Balaban J connectivity index is 1.59. The Hall–Kier alpha value is -1.48. The van der Waals surface area contributed by atoms with E-state index in [0.717, 1.165) is 17.4 Å². The summed E-state index contributed by atoms with van der Waals surface area (Å²) in [6.07, 6.45) is 8.41. The van der Waals surface area contributed by atoms with E-state index < -0.39 is 0 Å². The Morgan fingerprint density at radius 2 is 2.05 bits per heavy atom. The predicted octanol–water partition coefficient (Wildman–Crippen LogP) is 3.99. The highest BCUT2D eigenvalue weighted by atomic mass is 35.5. The SMILES string of the molecule is O=C(Cn1ccc2ccc(Cl)cc21)NCC1CCCCC1. The minimum absolute atomic E-state index is 0.0815. The summed E-state index contributed by atoms with van der Waals surface area (Å²) in [7, 11) is 0. The van der Waals surface area contributed by atoms with E-state index in [4.69, 9.17) is 11.6 Å². The van der Waals surface area contributed by atoms with Gasteiger partial charge in [-0.15, -0.1) is 0 Å². The highest BCUT2D eigenvalue weighted by Gasteiger charge is 2.14. The molecule has 0 atom stereocenters. The van der Waals surface area contributed by atoms with Crippen LogP contribution in [0.4, 0.5) is 0 Å². The summed E-state index contributed by atoms with van der Waals surface area (Å²) in [4.78, 5) is 12.1. The van der Waals surface area contributed by atoms with E-state index in [0.29, 0.717) is 17.5 Å². The first kappa shape index (κ1) is 14.5. The normalized spacial score (nSPS) is 16.2. The van der Waals surface area contributed by atoms with E-state index in [9.17, 15) is 4.79 Å². The standard InChI is InChI=1S/C17H21ClN2O/c18-15-7-6-14-8-9-20(16(14)10-15)12-17(21)19-11-13-4-2-1-3-5-13/h6-10,13H,1-5,11-12H2,(H,19,21). The third-order valence-corrected chi connectivity index (χ3v) is 4.60. The maximum absolute atomic E-state index is 12.1. The van der Waals surface area contributed by atoms with Crippen LogP contribution in [0.1, 0.15) is 32.1 Å². The van der Waals surface area contributed by atoms with E-state index in [2.05, 4.69) is 5.32 Å². The van der Waals surface area contributed by atoms with E-state index in [1.807, 2.05) is 35.0 Å². The lowest BCUT2D eigenvalue weighted by molar-refractivity contribution is -0.121. The van der Waals surface area contributed by atoms with Crippen LogP contribution in [0.15, 0.2) is 30.5 Å². The number of benzene rings is 1. The fraction of sp³-hybridized carbons (Fsp3) is 0.471. The molecule has 0 aliphatic heterocycles. The van der Waals surface area contributed by atoms with Crippen LogP contribution in [0, 0.1) is 5.92 Å². The van der Waals surface area contributed by atoms with Crippen molar-refractivity contribution in [3.05, 3.63) is 35.5 Å². The molecule has 1 amide bonds. The molecule has 2 aromatic rings. The number of nitrogens with one attached hydrogen (secondary N) is 1. The van der Waals surface area contributed by atoms with Crippen LogP contribution >= 0.6 is 11.6 Å². The summed E-state index contributed by atoms with van der Waals surface area (Å²) in [6.45, 7) is 1.18. The number of carbonyl (C=O) groups excluding carboxylic acids is 1. The van der Waals surface area contributed by atoms with Crippen LogP contribution in [0.5, 0.6) is 0 Å². The summed E-state index contributed by atoms with van der Waals surface area (Å²) < 4.78 is 1.96. The third kappa shape index (κ3) is 3.59. The van der Waals surface area contributed by atoms with Crippen molar-refractivity contribution >= 4 is 28.4 Å². The van der Waals surface area contributed by atoms with Gasteiger partial charge in [0.05, 0.1) is 0 Å². The van der Waals surface area contributed by atoms with Crippen molar-refractivity contribution in [2.75, 3.05) is 6.54 Å². The van der Waals surface area contributed by atoms with Crippen molar-refractivity contribution < 1.29 is 4.79 Å². The van der Waals surface area contributed by atoms with Gasteiger partial charge in [-0.3, -0.25) is 4.79 Å². The quantitative estimate of drug-likeness (QED) is 0.910. The average molecular weight is 305 g/mol. The molecule has 0 saturated heterocycles. The van der Waals surface area contributed by atoms with Gasteiger partial charge in [-0.2, -0.15) is 0 Å². The van der Waals surface area contributed by atoms with Crippen molar-refractivity contribution in [1.29, 1.82) is 0 Å². The summed E-state index contributed by atoms with van der Waals surface area (Å²) in [6, 6.07) is 7.77. The second-order valence-electron chi connectivity index (χ2n) is 5.95. The molecule has 0 radical (unpaired) electrons. The molecule has 4 heteroatoms. The van der Waals surface area contributed by atoms with Crippen LogP contribution < -0.4 is 5.32 Å². The number of nitrogens with zero attached hydrogens (tertiary/aromatic N) is 1. The fourth-order valence-corrected chi connectivity index (χ4v) is 3.32. The Bertz CT molecular complexity index is 629. The summed E-state index contributed by atoms with van der Waals surface area (Å²) in [5.41, 5.74) is 1.01. The number of aromatic nitrogens is 1. The van der Waals surface area contributed by atoms with E-state index in [1.54, 1.807) is 0 Å². The second-order valence-corrected chi connectivity index (χ2v) is 6.39. The third-order valence-electron chi connectivity index (χ3n) is 4.36. The highest BCUT2D eigenvalue weighted by Crippen LogP contribution is 2.23. The maximum atomic E-state index is 12.1. The van der Waals surface area contributed by atoms with Crippen LogP contribution in [-0.4, -0.2) is 17.0 Å². The Labute approximate surface area is 130 Å². The van der Waals surface area contributed by atoms with Gasteiger partial charge in [-0.05, 0) is 42.3 Å². The highest BCUT2D eigenvalue weighted by molar-refractivity contribution is 6.31. The zero-order valence-electron chi connectivity index (χ0n) is 12.1. The zero-order valence-corrected chi connectivity index (χ0v) is 12.9. The molecule has 1 aliphatic carbocycles. The molecule has 0 unspecified atom stereocenters. The molecule has 1 aliphatic rings. The largest absolute Gasteiger partial charge is 0.354 e. The number of hydrogen-bond acceptors (Lipinski definition) is 1. The van der Waals surface area contributed by atoms with Gasteiger partial charge < -0.3 is 9.88 Å². The molecule has 3 rings (SSSR count). The second kappa shape index (κ2) is 6.52. The number of halogens is 1. The van der Waals surface area contributed by atoms with Crippen LogP contribution in [0.3, 0.4) is 0 Å². The molecule has 0 spiro atoms. The van der Waals surface area contributed by atoms with Gasteiger partial charge in [0.25, 0.3) is 0 Å². The summed E-state index contributed by atoms with van der Waals surface area (Å²) in [5, 5.41) is 4.89. The van der Waals surface area contributed by atoms with Gasteiger partial charge in [-0.1, -0.05) is 36.9 Å². The molecule has 1 saturated carbocycles. The van der Waals surface area contributed by atoms with E-state index in [-0.39, 0.29) is 5.91 Å². The lowest BCUT2D eigenvalue weighted by Gasteiger charge is -2.21. The Morgan fingerprint density at radius 3 is 2.86 bits per heavy atom. The van der Waals surface area contributed by atoms with Crippen LogP contribution in [0.25, 0.3) is 10.9 Å². The molecule has 21 heavy (non-hydrogen) atoms. The number of amides is 1. The summed E-state index contributed by atoms with van der Waals surface area (Å²) in [5.74, 6) is 0.747. The number of hydrogen-bond donors (Lipinski definition) is 1. The lowest BCUT2D eigenvalue weighted by Crippen LogP contribution is -2.32. The van der Waals surface area contributed by atoms with Crippen molar-refractivity contribution in [3.8, 4) is 0 Å². The van der Waals surface area contributed by atoms with Crippen molar-refractivity contribution in [2.24, 2.45) is 5.92 Å². The molecule has 1 N–H and O–H groups in total. The molecular formula is C17H21ClN2O. The van der Waals surface area contributed by atoms with Gasteiger partial charge >= 0.3 is 0 Å². The maximum Gasteiger partial charge on any atom is 0.239 e. The molecule has 3 nitrogen and oxygen atoms in total. The van der Waals surface area contributed by atoms with Crippen LogP contribution in [-0.2, 0) is 11.3 Å². The fourth-order valence-electron chi connectivity index (χ4n) is 3.15. The van der Waals surface area contributed by atoms with Gasteiger partial charge in [0.2, 0.25) is 5.91 Å². The first-order valence-electron chi connectivity index (χ1n) is 7.73. The van der Waals surface area contributed by atoms with Crippen molar-refractivity contribution in [1.82, 2.24) is 9.88 Å². The topological polar surface area (TPSA) is 34.0 Å². The Morgan fingerprint density at radius 1 is 1.24 bits per heavy atom. The van der Waals surface area contributed by atoms with Gasteiger partial charge in [0.1, 0.15) is 6.54 Å². The molecule has 0 bridgehead atoms. The van der Waals surface area contributed by atoms with Gasteiger partial charge in [-0.25, -0.2) is 0 Å². The average Bonchev–Trinajstić information content (AvgIpc) is 2.88. The van der Waals surface area contributed by atoms with E-state index in [1.165, 1.54) is 32.1 Å². The molecule has 1 aromatic heterocycles. The molecule has 1 heterocycles. The molecule has 1 aromatic carbocycles. The number of rotatable bonds is 4. The first-order valence-corrected chi connectivity index (χ1v) is 8.11. The molecular weight excluding hydrogens is 284 g/mol. The van der Waals surface area contributed by atoms with Gasteiger partial charge in [0, 0.05) is 23.3 Å². The van der Waals surface area contributed by atoms with Crippen LogP contribution in [0.2, 0.25) is 5.02 Å². The van der Waals surface area contributed by atoms with Gasteiger partial charge in [0.15, 0.2) is 0 Å². The predicted molar refractivity (Wildman–Crippen MR) is 86.5 cm³/mol. The molecule has 1 fully saturated rings. The minimum atomic E-state index is 0.0815. The number of carbonyl (C=O) groups is 1. The Kier molecular flexibility index (Phi) is 4.49. The first-order chi connectivity index (χ1) is 10.2. The smallest absolute Gasteiger partial charge is 0.239 e. The van der Waals surface area contributed by atoms with Crippen molar-refractivity contribution in [2.45, 2.75) is 38.6 Å². The monoisotopic (exact) mass is 304 g/mol. The zero-order chi connectivity index (χ0) is 14.7. The summed E-state index contributed by atoms with van der Waals surface area (Å²) >= 11 is 6.03.